The summed E-state index contributed by atoms with van der Waals surface area (Å²) in [5.41, 5.74) is 3.24. The minimum atomic E-state index is -0.347. The minimum Gasteiger partial charge on any atom is -0.493 e. The van der Waals surface area contributed by atoms with Crippen molar-refractivity contribution < 1.29 is 9.53 Å². The maximum absolute atomic E-state index is 13.2. The van der Waals surface area contributed by atoms with Crippen molar-refractivity contribution in [2.75, 3.05) is 11.9 Å². The molecular weight excluding hydrogens is 428 g/mol. The number of benzene rings is 3. The van der Waals surface area contributed by atoms with Crippen molar-refractivity contribution in [3.05, 3.63) is 96.1 Å². The van der Waals surface area contributed by atoms with Crippen LogP contribution in [0.2, 0.25) is 0 Å². The van der Waals surface area contributed by atoms with E-state index in [0.717, 1.165) is 11.1 Å². The molecular formula is C26H22N6O2. The lowest BCUT2D eigenvalue weighted by Crippen LogP contribution is -2.15. The Balaban J connectivity index is 1.58. The molecule has 5 aromatic rings. The first-order valence-corrected chi connectivity index (χ1v) is 11.0. The fourth-order valence-electron chi connectivity index (χ4n) is 3.63. The highest BCUT2D eigenvalue weighted by Crippen LogP contribution is 2.26. The number of nitrogens with zero attached hydrogens (tertiary/aromatic N) is 5. The molecule has 0 fully saturated rings. The molecule has 0 aliphatic rings. The topological polar surface area (TPSA) is 94.8 Å². The number of carbonyl (C=O) groups excluding carboxylic acids is 1. The molecule has 3 aromatic carbocycles. The van der Waals surface area contributed by atoms with E-state index in [1.807, 2.05) is 73.7 Å². The van der Waals surface area contributed by atoms with Crippen LogP contribution in [-0.2, 0) is 6.54 Å². The molecule has 168 valence electrons. The van der Waals surface area contributed by atoms with E-state index in [1.165, 1.54) is 0 Å². The van der Waals surface area contributed by atoms with Gasteiger partial charge in [0.05, 0.1) is 18.7 Å². The molecule has 34 heavy (non-hydrogen) atoms. The highest BCUT2D eigenvalue weighted by Gasteiger charge is 2.20. The first-order valence-electron chi connectivity index (χ1n) is 11.0. The number of anilines is 1. The number of ether oxygens (including phenoxy) is 1. The van der Waals surface area contributed by atoms with E-state index < -0.39 is 0 Å². The van der Waals surface area contributed by atoms with Gasteiger partial charge in [0.25, 0.3) is 5.91 Å². The van der Waals surface area contributed by atoms with Crippen LogP contribution in [0, 0.1) is 0 Å². The minimum absolute atomic E-state index is 0.291. The molecule has 0 aliphatic carbocycles. The number of hydrogen-bond donors (Lipinski definition) is 1. The summed E-state index contributed by atoms with van der Waals surface area (Å²) >= 11 is 0. The van der Waals surface area contributed by atoms with E-state index in [9.17, 15) is 4.79 Å². The molecule has 0 aliphatic heterocycles. The van der Waals surface area contributed by atoms with Gasteiger partial charge in [-0.25, -0.2) is 14.6 Å². The Morgan fingerprint density at radius 3 is 2.38 bits per heavy atom. The second kappa shape index (κ2) is 9.50. The van der Waals surface area contributed by atoms with Crippen LogP contribution in [0.4, 0.5) is 5.82 Å². The van der Waals surface area contributed by atoms with E-state index in [4.69, 9.17) is 9.72 Å². The average molecular weight is 451 g/mol. The van der Waals surface area contributed by atoms with Crippen molar-refractivity contribution in [1.29, 1.82) is 0 Å². The van der Waals surface area contributed by atoms with Crippen molar-refractivity contribution in [1.82, 2.24) is 25.0 Å². The lowest BCUT2D eigenvalue weighted by molar-refractivity contribution is 0.102. The third-order valence-electron chi connectivity index (χ3n) is 5.23. The fourth-order valence-corrected chi connectivity index (χ4v) is 3.63. The summed E-state index contributed by atoms with van der Waals surface area (Å²) in [5.74, 6) is 0.919. The van der Waals surface area contributed by atoms with Gasteiger partial charge in [0.2, 0.25) is 0 Å². The number of aromatic nitrogens is 5. The van der Waals surface area contributed by atoms with Crippen LogP contribution >= 0.6 is 0 Å². The number of carbonyl (C=O) groups is 1. The van der Waals surface area contributed by atoms with Crippen LogP contribution in [0.25, 0.3) is 22.6 Å². The average Bonchev–Trinajstić information content (AvgIpc) is 3.28. The van der Waals surface area contributed by atoms with Gasteiger partial charge in [0.15, 0.2) is 22.8 Å². The molecule has 0 saturated carbocycles. The highest BCUT2D eigenvalue weighted by molar-refractivity contribution is 6.08. The van der Waals surface area contributed by atoms with Crippen LogP contribution in [0.15, 0.2) is 84.9 Å². The van der Waals surface area contributed by atoms with Gasteiger partial charge in [-0.2, -0.15) is 0 Å². The number of hydrogen-bond acceptors (Lipinski definition) is 6. The first kappa shape index (κ1) is 21.3. The molecule has 5 rings (SSSR count). The largest absolute Gasteiger partial charge is 0.493 e. The smallest absolute Gasteiger partial charge is 0.260 e. The third kappa shape index (κ3) is 4.33. The molecule has 0 atom stereocenters. The molecule has 8 heteroatoms. The number of rotatable bonds is 7. The van der Waals surface area contributed by atoms with Gasteiger partial charge in [-0.05, 0) is 24.6 Å². The molecule has 2 heterocycles. The third-order valence-corrected chi connectivity index (χ3v) is 5.23. The van der Waals surface area contributed by atoms with Gasteiger partial charge in [-0.3, -0.25) is 4.79 Å². The zero-order valence-electron chi connectivity index (χ0n) is 18.5. The molecule has 2 aromatic heterocycles. The summed E-state index contributed by atoms with van der Waals surface area (Å²) in [6.45, 7) is 2.82. The number of para-hydroxylation sites is 1. The zero-order valence-corrected chi connectivity index (χ0v) is 18.5. The highest BCUT2D eigenvalue weighted by atomic mass is 16.5. The normalized spacial score (nSPS) is 10.9. The van der Waals surface area contributed by atoms with E-state index in [-0.39, 0.29) is 5.91 Å². The molecule has 0 saturated heterocycles. The summed E-state index contributed by atoms with van der Waals surface area (Å²) in [7, 11) is 0. The second-order valence-corrected chi connectivity index (χ2v) is 7.55. The number of fused-ring (bicyclic) bond motifs is 1. The molecule has 0 spiro atoms. The van der Waals surface area contributed by atoms with Crippen molar-refractivity contribution in [3.8, 4) is 17.1 Å². The lowest BCUT2D eigenvalue weighted by atomic mass is 10.2. The standard InChI is InChI=1S/C26H22N6O2/c1-2-34-21-16-10-9-15-20(21)26(33)29-24-22-25(28-23(27-24)19-13-7-4-8-14-19)32(31-30-22)17-18-11-5-3-6-12-18/h3-16H,2,17H2,1H3,(H,27,28,29,33). The Labute approximate surface area is 196 Å². The van der Waals surface area contributed by atoms with E-state index in [0.29, 0.717) is 47.3 Å². The Hall–Kier alpha value is -4.59. The second-order valence-electron chi connectivity index (χ2n) is 7.55. The Bertz CT molecular complexity index is 1430. The SMILES string of the molecule is CCOc1ccccc1C(=O)Nc1nc(-c2ccccc2)nc2c1nnn2Cc1ccccc1. The zero-order chi connectivity index (χ0) is 23.3. The summed E-state index contributed by atoms with van der Waals surface area (Å²) in [6, 6.07) is 26.6. The van der Waals surface area contributed by atoms with E-state index in [2.05, 4.69) is 20.6 Å². The summed E-state index contributed by atoms with van der Waals surface area (Å²) < 4.78 is 7.33. The summed E-state index contributed by atoms with van der Waals surface area (Å²) in [6.07, 6.45) is 0. The van der Waals surface area contributed by atoms with Crippen LogP contribution < -0.4 is 10.1 Å². The Morgan fingerprint density at radius 2 is 1.62 bits per heavy atom. The van der Waals surface area contributed by atoms with Crippen molar-refractivity contribution in [2.45, 2.75) is 13.5 Å². The predicted octanol–water partition coefficient (Wildman–Crippen LogP) is 4.59. The molecule has 0 bridgehead atoms. The maximum atomic E-state index is 13.2. The van der Waals surface area contributed by atoms with Crippen LogP contribution in [0.1, 0.15) is 22.8 Å². The van der Waals surface area contributed by atoms with Crippen LogP contribution in [0.3, 0.4) is 0 Å². The summed E-state index contributed by atoms with van der Waals surface area (Å²) in [5, 5.41) is 11.5. The van der Waals surface area contributed by atoms with Gasteiger partial charge in [-0.15, -0.1) is 5.10 Å². The van der Waals surface area contributed by atoms with Gasteiger partial charge in [0, 0.05) is 5.56 Å². The van der Waals surface area contributed by atoms with Gasteiger partial charge < -0.3 is 10.1 Å². The molecule has 0 radical (unpaired) electrons. The Kier molecular flexibility index (Phi) is 5.94. The predicted molar refractivity (Wildman–Crippen MR) is 130 cm³/mol. The van der Waals surface area contributed by atoms with Crippen molar-refractivity contribution in [3.63, 3.8) is 0 Å². The first-order chi connectivity index (χ1) is 16.7. The monoisotopic (exact) mass is 450 g/mol. The van der Waals surface area contributed by atoms with Crippen molar-refractivity contribution in [2.24, 2.45) is 0 Å². The number of nitrogens with one attached hydrogen (secondary N) is 1. The summed E-state index contributed by atoms with van der Waals surface area (Å²) in [4.78, 5) is 22.6. The maximum Gasteiger partial charge on any atom is 0.260 e. The lowest BCUT2D eigenvalue weighted by Gasteiger charge is -2.11. The van der Waals surface area contributed by atoms with E-state index >= 15 is 0 Å². The fraction of sp³-hybridized carbons (Fsp3) is 0.115. The number of amides is 1. The Morgan fingerprint density at radius 1 is 0.912 bits per heavy atom. The molecule has 8 nitrogen and oxygen atoms in total. The van der Waals surface area contributed by atoms with Gasteiger partial charge in [-0.1, -0.05) is 78.0 Å². The van der Waals surface area contributed by atoms with E-state index in [1.54, 1.807) is 22.9 Å². The van der Waals surface area contributed by atoms with Gasteiger partial charge in [0.1, 0.15) is 5.75 Å². The molecule has 0 unspecified atom stereocenters. The van der Waals surface area contributed by atoms with Crippen LogP contribution in [-0.4, -0.2) is 37.5 Å². The molecule has 1 N–H and O–H groups in total. The van der Waals surface area contributed by atoms with Crippen LogP contribution in [0.5, 0.6) is 5.75 Å². The van der Waals surface area contributed by atoms with Crippen molar-refractivity contribution >= 4 is 22.9 Å². The molecule has 1 amide bonds. The quantitative estimate of drug-likeness (QED) is 0.390. The van der Waals surface area contributed by atoms with Gasteiger partial charge >= 0.3 is 0 Å².